The quantitative estimate of drug-likeness (QED) is 0.0261. The Hall–Kier alpha value is -2.89. The maximum absolute atomic E-state index is 12.8. The van der Waals surface area contributed by atoms with Gasteiger partial charge in [0.2, 0.25) is 0 Å². The van der Waals surface area contributed by atoms with E-state index in [4.69, 9.17) is 14.2 Å². The third kappa shape index (κ3) is 57.9. The van der Waals surface area contributed by atoms with E-state index in [0.717, 1.165) is 89.9 Å². The lowest BCUT2D eigenvalue weighted by molar-refractivity contribution is -0.167. The second-order valence-electron chi connectivity index (χ2n) is 20.6. The average molecular weight is 994 g/mol. The van der Waals surface area contributed by atoms with Crippen LogP contribution in [0.25, 0.3) is 0 Å². The van der Waals surface area contributed by atoms with Gasteiger partial charge < -0.3 is 14.2 Å². The minimum atomic E-state index is -0.771. The van der Waals surface area contributed by atoms with Crippen LogP contribution in [0.2, 0.25) is 0 Å². The standard InChI is InChI=1S/C65H116O6/c1-4-7-10-13-15-17-19-21-23-25-27-29-31-32-34-35-37-39-41-43-45-47-49-52-55-58-64(67)70-61-62(60-69-63(66)57-54-51-12-9-6-3)71-65(68)59-56-53-50-48-46-44-42-40-38-36-33-30-28-26-24-22-20-18-16-14-11-8-5-2/h7,10,15,17,21,23,26-29,62H,4-6,8-9,11-14,16,18-20,22,24-25,30-61H2,1-3H3/b10-7-,17-15-,23-21-,28-26-,29-27-. The van der Waals surface area contributed by atoms with Crippen molar-refractivity contribution >= 4 is 17.9 Å². The third-order valence-corrected chi connectivity index (χ3v) is 13.5. The first-order valence-electron chi connectivity index (χ1n) is 30.8. The summed E-state index contributed by atoms with van der Waals surface area (Å²) in [6, 6.07) is 0. The summed E-state index contributed by atoms with van der Waals surface area (Å²) in [5.41, 5.74) is 0. The summed E-state index contributed by atoms with van der Waals surface area (Å²) < 4.78 is 16.8. The summed E-state index contributed by atoms with van der Waals surface area (Å²) in [5.74, 6) is -0.876. The van der Waals surface area contributed by atoms with Crippen molar-refractivity contribution in [2.24, 2.45) is 0 Å². The van der Waals surface area contributed by atoms with Crippen molar-refractivity contribution in [3.8, 4) is 0 Å². The van der Waals surface area contributed by atoms with Crippen LogP contribution in [0, 0.1) is 0 Å². The van der Waals surface area contributed by atoms with Gasteiger partial charge in [0.1, 0.15) is 13.2 Å². The van der Waals surface area contributed by atoms with Gasteiger partial charge in [-0.2, -0.15) is 0 Å². The number of carbonyl (C=O) groups is 3. The molecular weight excluding hydrogens is 877 g/mol. The fourth-order valence-electron chi connectivity index (χ4n) is 8.90. The van der Waals surface area contributed by atoms with E-state index in [1.807, 2.05) is 0 Å². The van der Waals surface area contributed by atoms with E-state index >= 15 is 0 Å². The number of unbranched alkanes of at least 4 members (excludes halogenated alkanes) is 35. The minimum absolute atomic E-state index is 0.0733. The molecule has 6 heteroatoms. The van der Waals surface area contributed by atoms with Crippen LogP contribution in [0.4, 0.5) is 0 Å². The highest BCUT2D eigenvalue weighted by Gasteiger charge is 2.19. The number of hydrogen-bond acceptors (Lipinski definition) is 6. The Morgan fingerprint density at radius 1 is 0.296 bits per heavy atom. The summed E-state index contributed by atoms with van der Waals surface area (Å²) in [6.07, 6.45) is 75.6. The predicted molar refractivity (Wildman–Crippen MR) is 307 cm³/mol. The normalized spacial score (nSPS) is 12.4. The van der Waals surface area contributed by atoms with E-state index in [1.165, 1.54) is 186 Å². The van der Waals surface area contributed by atoms with Gasteiger partial charge in [0.15, 0.2) is 6.10 Å². The monoisotopic (exact) mass is 993 g/mol. The van der Waals surface area contributed by atoms with Crippen LogP contribution in [0.3, 0.4) is 0 Å². The fraction of sp³-hybridized carbons (Fsp3) is 0.800. The molecule has 0 fully saturated rings. The molecule has 0 aromatic rings. The topological polar surface area (TPSA) is 78.9 Å². The zero-order chi connectivity index (χ0) is 51.4. The zero-order valence-corrected chi connectivity index (χ0v) is 47.2. The molecule has 0 radical (unpaired) electrons. The molecule has 1 unspecified atom stereocenters. The van der Waals surface area contributed by atoms with Gasteiger partial charge in [-0.25, -0.2) is 0 Å². The molecule has 0 saturated heterocycles. The molecule has 1 atom stereocenters. The zero-order valence-electron chi connectivity index (χ0n) is 47.2. The predicted octanol–water partition coefficient (Wildman–Crippen LogP) is 20.8. The summed E-state index contributed by atoms with van der Waals surface area (Å²) in [5, 5.41) is 0. The first-order chi connectivity index (χ1) is 35.0. The molecule has 0 saturated carbocycles. The number of ether oxygens (including phenoxy) is 3. The molecule has 0 aliphatic rings. The Morgan fingerprint density at radius 2 is 0.549 bits per heavy atom. The highest BCUT2D eigenvalue weighted by atomic mass is 16.6. The molecule has 412 valence electrons. The number of rotatable bonds is 56. The van der Waals surface area contributed by atoms with E-state index in [0.29, 0.717) is 19.3 Å². The van der Waals surface area contributed by atoms with Gasteiger partial charge in [0.25, 0.3) is 0 Å². The molecular formula is C65H116O6. The Bertz CT molecular complexity index is 1280. The molecule has 71 heavy (non-hydrogen) atoms. The van der Waals surface area contributed by atoms with Gasteiger partial charge in [0, 0.05) is 19.3 Å². The molecule has 0 rings (SSSR count). The minimum Gasteiger partial charge on any atom is -0.462 e. The van der Waals surface area contributed by atoms with Crippen LogP contribution >= 0.6 is 0 Å². The highest BCUT2D eigenvalue weighted by molar-refractivity contribution is 5.71. The molecule has 0 amide bonds. The highest BCUT2D eigenvalue weighted by Crippen LogP contribution is 2.17. The van der Waals surface area contributed by atoms with E-state index < -0.39 is 6.10 Å². The molecule has 0 spiro atoms. The maximum atomic E-state index is 12.8. The summed E-state index contributed by atoms with van der Waals surface area (Å²) in [4.78, 5) is 37.9. The molecule has 0 N–H and O–H groups in total. The average Bonchev–Trinajstić information content (AvgIpc) is 3.37. The van der Waals surface area contributed by atoms with Crippen LogP contribution in [0.5, 0.6) is 0 Å². The van der Waals surface area contributed by atoms with Gasteiger partial charge >= 0.3 is 17.9 Å². The number of allylic oxidation sites excluding steroid dienone is 10. The van der Waals surface area contributed by atoms with Crippen LogP contribution in [0.1, 0.15) is 316 Å². The van der Waals surface area contributed by atoms with Crippen LogP contribution in [0.15, 0.2) is 60.8 Å². The van der Waals surface area contributed by atoms with Crippen molar-refractivity contribution in [3.05, 3.63) is 60.8 Å². The van der Waals surface area contributed by atoms with Crippen molar-refractivity contribution in [1.29, 1.82) is 0 Å². The molecule has 0 heterocycles. The Morgan fingerprint density at radius 3 is 0.873 bits per heavy atom. The molecule has 0 aromatic carbocycles. The maximum Gasteiger partial charge on any atom is 0.306 e. The number of carbonyl (C=O) groups excluding carboxylic acids is 3. The molecule has 0 bridgehead atoms. The molecule has 0 aromatic heterocycles. The van der Waals surface area contributed by atoms with Crippen LogP contribution in [-0.4, -0.2) is 37.2 Å². The van der Waals surface area contributed by atoms with Crippen LogP contribution < -0.4 is 0 Å². The SMILES string of the molecule is CC/C=C\C/C=C\C/C=C\C/C=C\CCCCCCCCCCCCCCC(=O)OCC(COC(=O)CCCCCCC)OC(=O)CCCCCCCCCCCCC/C=C\CCCCCCCCCC. The van der Waals surface area contributed by atoms with Gasteiger partial charge in [-0.1, -0.05) is 274 Å². The first-order valence-corrected chi connectivity index (χ1v) is 30.8. The van der Waals surface area contributed by atoms with Gasteiger partial charge in [-0.05, 0) is 83.5 Å². The lowest BCUT2D eigenvalue weighted by Crippen LogP contribution is -2.30. The number of esters is 3. The Kier molecular flexibility index (Phi) is 57.2. The van der Waals surface area contributed by atoms with Crippen molar-refractivity contribution in [3.63, 3.8) is 0 Å². The second kappa shape index (κ2) is 59.7. The summed E-state index contributed by atoms with van der Waals surface area (Å²) >= 11 is 0. The summed E-state index contributed by atoms with van der Waals surface area (Å²) in [6.45, 7) is 6.48. The largest absolute Gasteiger partial charge is 0.462 e. The fourth-order valence-corrected chi connectivity index (χ4v) is 8.90. The summed E-state index contributed by atoms with van der Waals surface area (Å²) in [7, 11) is 0. The van der Waals surface area contributed by atoms with Gasteiger partial charge in [0.05, 0.1) is 0 Å². The Labute approximate surface area is 440 Å². The molecule has 0 aliphatic heterocycles. The van der Waals surface area contributed by atoms with Gasteiger partial charge in [-0.3, -0.25) is 14.4 Å². The molecule has 6 nitrogen and oxygen atoms in total. The van der Waals surface area contributed by atoms with Crippen molar-refractivity contribution in [2.45, 2.75) is 322 Å². The first kappa shape index (κ1) is 68.1. The smallest absolute Gasteiger partial charge is 0.306 e. The Balaban J connectivity index is 4.04. The van der Waals surface area contributed by atoms with E-state index in [1.54, 1.807) is 0 Å². The van der Waals surface area contributed by atoms with E-state index in [9.17, 15) is 14.4 Å². The van der Waals surface area contributed by atoms with Crippen molar-refractivity contribution < 1.29 is 28.6 Å². The van der Waals surface area contributed by atoms with Crippen LogP contribution in [-0.2, 0) is 28.6 Å². The third-order valence-electron chi connectivity index (χ3n) is 13.5. The van der Waals surface area contributed by atoms with Crippen molar-refractivity contribution in [1.82, 2.24) is 0 Å². The second-order valence-corrected chi connectivity index (χ2v) is 20.6. The molecule has 0 aliphatic carbocycles. The lowest BCUT2D eigenvalue weighted by Gasteiger charge is -2.18. The van der Waals surface area contributed by atoms with E-state index in [-0.39, 0.29) is 31.1 Å². The van der Waals surface area contributed by atoms with E-state index in [2.05, 4.69) is 81.5 Å². The number of hydrogen-bond donors (Lipinski definition) is 0. The lowest BCUT2D eigenvalue weighted by atomic mass is 10.0. The van der Waals surface area contributed by atoms with Crippen molar-refractivity contribution in [2.75, 3.05) is 13.2 Å². The van der Waals surface area contributed by atoms with Gasteiger partial charge in [-0.15, -0.1) is 0 Å².